The van der Waals surface area contributed by atoms with Crippen LogP contribution in [0.2, 0.25) is 0 Å². The summed E-state index contributed by atoms with van der Waals surface area (Å²) >= 11 is 1.64. The molecule has 1 heterocycles. The Balaban J connectivity index is 1.77. The number of hydrogen-bond acceptors (Lipinski definition) is 3. The third-order valence-electron chi connectivity index (χ3n) is 3.22. The van der Waals surface area contributed by atoms with Crippen molar-refractivity contribution in [2.75, 3.05) is 0 Å². The lowest BCUT2D eigenvalue weighted by molar-refractivity contribution is 0.848. The van der Waals surface area contributed by atoms with Crippen LogP contribution in [0.3, 0.4) is 0 Å². The minimum Gasteiger partial charge on any atom is -0.318 e. The minimum atomic E-state index is -0.134. The van der Waals surface area contributed by atoms with Crippen molar-refractivity contribution >= 4 is 11.3 Å². The normalized spacial score (nSPS) is 12.2. The van der Waals surface area contributed by atoms with Gasteiger partial charge in [-0.05, 0) is 11.1 Å². The third-order valence-corrected chi connectivity index (χ3v) is 4.20. The molecule has 0 aliphatic heterocycles. The Bertz CT molecular complexity index is 662. The smallest absolute Gasteiger partial charge is 0.114 e. The van der Waals surface area contributed by atoms with Gasteiger partial charge in [0.15, 0.2) is 0 Å². The van der Waals surface area contributed by atoms with Crippen LogP contribution in [0.4, 0.5) is 0 Å². The monoisotopic (exact) mass is 280 g/mol. The molecule has 0 amide bonds. The molecule has 20 heavy (non-hydrogen) atoms. The van der Waals surface area contributed by atoms with E-state index in [2.05, 4.69) is 34.6 Å². The lowest BCUT2D eigenvalue weighted by Gasteiger charge is -2.08. The average Bonchev–Trinajstić information content (AvgIpc) is 2.97. The number of nitrogens with two attached hydrogens (primary N) is 1. The van der Waals surface area contributed by atoms with Gasteiger partial charge in [0, 0.05) is 11.8 Å². The Morgan fingerprint density at radius 2 is 1.60 bits per heavy atom. The van der Waals surface area contributed by atoms with Crippen LogP contribution in [0.1, 0.15) is 27.9 Å². The van der Waals surface area contributed by atoms with Gasteiger partial charge in [0.05, 0.1) is 11.7 Å². The van der Waals surface area contributed by atoms with Gasteiger partial charge in [-0.3, -0.25) is 0 Å². The highest BCUT2D eigenvalue weighted by atomic mass is 32.1. The molecule has 0 saturated carbocycles. The Kier molecular flexibility index (Phi) is 3.90. The van der Waals surface area contributed by atoms with E-state index in [1.807, 2.05) is 36.4 Å². The summed E-state index contributed by atoms with van der Waals surface area (Å²) in [6, 6.07) is 20.3. The summed E-state index contributed by atoms with van der Waals surface area (Å²) in [5, 5.41) is 3.08. The van der Waals surface area contributed by atoms with Gasteiger partial charge in [0.1, 0.15) is 5.01 Å². The van der Waals surface area contributed by atoms with E-state index < -0.39 is 0 Å². The molecule has 0 aliphatic rings. The molecule has 0 bridgehead atoms. The fraction of sp³-hybridized carbons (Fsp3) is 0.118. The van der Waals surface area contributed by atoms with E-state index >= 15 is 0 Å². The second-order valence-corrected chi connectivity index (χ2v) is 5.62. The molecule has 2 N–H and O–H groups in total. The van der Waals surface area contributed by atoms with Crippen LogP contribution >= 0.6 is 11.3 Å². The van der Waals surface area contributed by atoms with Gasteiger partial charge in [-0.25, -0.2) is 4.98 Å². The van der Waals surface area contributed by atoms with Crippen molar-refractivity contribution in [2.24, 2.45) is 5.73 Å². The quantitative estimate of drug-likeness (QED) is 0.790. The number of benzene rings is 2. The van der Waals surface area contributed by atoms with E-state index in [0.29, 0.717) is 0 Å². The number of hydrogen-bond donors (Lipinski definition) is 1. The second-order valence-electron chi connectivity index (χ2n) is 4.73. The summed E-state index contributed by atoms with van der Waals surface area (Å²) in [5.74, 6) is 0. The maximum atomic E-state index is 6.27. The molecule has 0 radical (unpaired) electrons. The average molecular weight is 280 g/mol. The molecule has 2 aromatic carbocycles. The molecule has 2 nitrogen and oxygen atoms in total. The highest BCUT2D eigenvalue weighted by Gasteiger charge is 2.13. The van der Waals surface area contributed by atoms with Crippen molar-refractivity contribution in [3.8, 4) is 0 Å². The first-order valence-electron chi connectivity index (χ1n) is 6.61. The van der Waals surface area contributed by atoms with E-state index in [1.165, 1.54) is 5.56 Å². The molecule has 1 unspecified atom stereocenters. The maximum absolute atomic E-state index is 6.27. The highest BCUT2D eigenvalue weighted by molar-refractivity contribution is 7.09. The fourth-order valence-corrected chi connectivity index (χ4v) is 3.00. The number of rotatable bonds is 4. The molecule has 3 heteroatoms. The van der Waals surface area contributed by atoms with Crippen LogP contribution in [-0.4, -0.2) is 4.98 Å². The van der Waals surface area contributed by atoms with Crippen molar-refractivity contribution < 1.29 is 0 Å². The van der Waals surface area contributed by atoms with Crippen molar-refractivity contribution in [3.63, 3.8) is 0 Å². The van der Waals surface area contributed by atoms with Gasteiger partial charge < -0.3 is 5.73 Å². The zero-order valence-electron chi connectivity index (χ0n) is 11.1. The van der Waals surface area contributed by atoms with Crippen LogP contribution < -0.4 is 5.73 Å². The zero-order valence-corrected chi connectivity index (χ0v) is 11.9. The number of aromatic nitrogens is 1. The first kappa shape index (κ1) is 13.0. The first-order chi connectivity index (χ1) is 9.83. The molecule has 0 spiro atoms. The summed E-state index contributed by atoms with van der Waals surface area (Å²) in [4.78, 5) is 4.68. The van der Waals surface area contributed by atoms with Crippen molar-refractivity contribution in [1.29, 1.82) is 0 Å². The molecular formula is C17H16N2S. The summed E-state index contributed by atoms with van der Waals surface area (Å²) in [6.07, 6.45) is 0.860. The van der Waals surface area contributed by atoms with Gasteiger partial charge in [-0.2, -0.15) is 0 Å². The van der Waals surface area contributed by atoms with Gasteiger partial charge >= 0.3 is 0 Å². The topological polar surface area (TPSA) is 38.9 Å². The SMILES string of the molecule is NC(c1ccccc1)c1nc(Cc2ccccc2)cs1. The van der Waals surface area contributed by atoms with E-state index in [0.717, 1.165) is 22.7 Å². The Labute approximate surface area is 122 Å². The predicted octanol–water partition coefficient (Wildman–Crippen LogP) is 3.78. The van der Waals surface area contributed by atoms with Crippen molar-refractivity contribution in [2.45, 2.75) is 12.5 Å². The van der Waals surface area contributed by atoms with Crippen LogP contribution in [0.5, 0.6) is 0 Å². The fourth-order valence-electron chi connectivity index (χ4n) is 2.15. The third kappa shape index (κ3) is 2.95. The Hall–Kier alpha value is -1.97. The zero-order chi connectivity index (χ0) is 13.8. The molecule has 0 saturated heterocycles. The lowest BCUT2D eigenvalue weighted by atomic mass is 10.1. The molecule has 3 aromatic rings. The summed E-state index contributed by atoms with van der Waals surface area (Å²) in [5.41, 5.74) is 9.74. The van der Waals surface area contributed by atoms with Crippen LogP contribution in [-0.2, 0) is 6.42 Å². The summed E-state index contributed by atoms with van der Waals surface area (Å²) in [6.45, 7) is 0. The molecule has 0 fully saturated rings. The molecule has 3 rings (SSSR count). The largest absolute Gasteiger partial charge is 0.318 e. The predicted molar refractivity (Wildman–Crippen MR) is 83.8 cm³/mol. The van der Waals surface area contributed by atoms with Crippen LogP contribution in [0.15, 0.2) is 66.0 Å². The molecule has 1 aromatic heterocycles. The number of nitrogens with zero attached hydrogens (tertiary/aromatic N) is 1. The summed E-state index contributed by atoms with van der Waals surface area (Å²) < 4.78 is 0. The molecule has 100 valence electrons. The Morgan fingerprint density at radius 1 is 0.950 bits per heavy atom. The van der Waals surface area contributed by atoms with Gasteiger partial charge in [-0.1, -0.05) is 60.7 Å². The molecular weight excluding hydrogens is 264 g/mol. The molecule has 1 atom stereocenters. The van der Waals surface area contributed by atoms with E-state index in [9.17, 15) is 0 Å². The van der Waals surface area contributed by atoms with E-state index in [-0.39, 0.29) is 6.04 Å². The van der Waals surface area contributed by atoms with E-state index in [1.54, 1.807) is 11.3 Å². The van der Waals surface area contributed by atoms with Gasteiger partial charge in [0.25, 0.3) is 0 Å². The van der Waals surface area contributed by atoms with Crippen molar-refractivity contribution in [1.82, 2.24) is 4.98 Å². The lowest BCUT2D eigenvalue weighted by Crippen LogP contribution is -2.11. The van der Waals surface area contributed by atoms with Crippen molar-refractivity contribution in [3.05, 3.63) is 87.9 Å². The highest BCUT2D eigenvalue weighted by Crippen LogP contribution is 2.23. The standard InChI is InChI=1S/C17H16N2S/c18-16(14-9-5-2-6-10-14)17-19-15(12-20-17)11-13-7-3-1-4-8-13/h1-10,12,16H,11,18H2. The van der Waals surface area contributed by atoms with Crippen LogP contribution in [0, 0.1) is 0 Å². The summed E-state index contributed by atoms with van der Waals surface area (Å²) in [7, 11) is 0. The number of thiazole rings is 1. The van der Waals surface area contributed by atoms with Gasteiger partial charge in [-0.15, -0.1) is 11.3 Å². The minimum absolute atomic E-state index is 0.134. The first-order valence-corrected chi connectivity index (χ1v) is 7.49. The Morgan fingerprint density at radius 3 is 2.30 bits per heavy atom. The maximum Gasteiger partial charge on any atom is 0.114 e. The van der Waals surface area contributed by atoms with Crippen LogP contribution in [0.25, 0.3) is 0 Å². The van der Waals surface area contributed by atoms with E-state index in [4.69, 9.17) is 5.73 Å². The van der Waals surface area contributed by atoms with Gasteiger partial charge in [0.2, 0.25) is 0 Å². The molecule has 0 aliphatic carbocycles. The second kappa shape index (κ2) is 5.99.